The van der Waals surface area contributed by atoms with Gasteiger partial charge in [-0.3, -0.25) is 4.79 Å². The third kappa shape index (κ3) is 2.86. The average molecular weight is 319 g/mol. The Kier molecular flexibility index (Phi) is 4.13. The highest BCUT2D eigenvalue weighted by molar-refractivity contribution is 6.01. The summed E-state index contributed by atoms with van der Waals surface area (Å²) in [6.45, 7) is 4.00. The van der Waals surface area contributed by atoms with Crippen molar-refractivity contribution in [3.8, 4) is 11.1 Å². The van der Waals surface area contributed by atoms with Gasteiger partial charge in [-0.2, -0.15) is 0 Å². The zero-order chi connectivity index (χ0) is 16.5. The lowest BCUT2D eigenvalue weighted by Crippen LogP contribution is -2.45. The van der Waals surface area contributed by atoms with E-state index in [1.807, 2.05) is 18.2 Å². The van der Waals surface area contributed by atoms with Crippen molar-refractivity contribution in [1.29, 1.82) is 0 Å². The molecule has 1 aliphatic carbocycles. The SMILES string of the molecule is Cc1ccccc1-c1ccccc1C(=O)N1CC2CCCC(C2)C1. The second-order valence-electron chi connectivity index (χ2n) is 7.47. The Balaban J connectivity index is 1.67. The van der Waals surface area contributed by atoms with E-state index in [1.165, 1.54) is 36.8 Å². The van der Waals surface area contributed by atoms with Gasteiger partial charge in [-0.25, -0.2) is 0 Å². The molecule has 2 unspecified atom stereocenters. The predicted octanol–water partition coefficient (Wildman–Crippen LogP) is 4.92. The van der Waals surface area contributed by atoms with Gasteiger partial charge in [-0.1, -0.05) is 48.9 Å². The van der Waals surface area contributed by atoms with Gasteiger partial charge < -0.3 is 4.90 Å². The molecule has 2 atom stereocenters. The number of amides is 1. The van der Waals surface area contributed by atoms with Crippen molar-refractivity contribution in [2.75, 3.05) is 13.1 Å². The molecule has 0 radical (unpaired) electrons. The van der Waals surface area contributed by atoms with Crippen LogP contribution in [0.2, 0.25) is 0 Å². The van der Waals surface area contributed by atoms with E-state index < -0.39 is 0 Å². The first kappa shape index (κ1) is 15.4. The summed E-state index contributed by atoms with van der Waals surface area (Å²) in [6.07, 6.45) is 5.25. The number of carbonyl (C=O) groups is 1. The van der Waals surface area contributed by atoms with Crippen LogP contribution in [0.1, 0.15) is 41.6 Å². The molecule has 1 amide bonds. The van der Waals surface area contributed by atoms with Crippen LogP contribution in [0.4, 0.5) is 0 Å². The van der Waals surface area contributed by atoms with Crippen molar-refractivity contribution in [2.24, 2.45) is 11.8 Å². The van der Waals surface area contributed by atoms with Crippen molar-refractivity contribution in [3.63, 3.8) is 0 Å². The quantitative estimate of drug-likeness (QED) is 0.769. The third-order valence-corrected chi connectivity index (χ3v) is 5.73. The first-order valence-corrected chi connectivity index (χ1v) is 9.16. The molecule has 124 valence electrons. The molecule has 24 heavy (non-hydrogen) atoms. The average Bonchev–Trinajstić information content (AvgIpc) is 2.61. The molecule has 0 aromatic heterocycles. The van der Waals surface area contributed by atoms with Gasteiger partial charge in [0.2, 0.25) is 0 Å². The van der Waals surface area contributed by atoms with Crippen LogP contribution in [0.15, 0.2) is 48.5 Å². The number of hydrogen-bond acceptors (Lipinski definition) is 1. The fraction of sp³-hybridized carbons (Fsp3) is 0.409. The standard InChI is InChI=1S/C22H25NO/c1-16-7-2-3-10-19(16)20-11-4-5-12-21(20)22(24)23-14-17-8-6-9-18(13-17)15-23/h2-5,7,10-12,17-18H,6,8-9,13-15H2,1H3. The predicted molar refractivity (Wildman–Crippen MR) is 98.0 cm³/mol. The van der Waals surface area contributed by atoms with Gasteiger partial charge in [-0.05, 0) is 60.8 Å². The second-order valence-corrected chi connectivity index (χ2v) is 7.47. The fourth-order valence-electron chi connectivity index (χ4n) is 4.55. The summed E-state index contributed by atoms with van der Waals surface area (Å²) in [7, 11) is 0. The molecule has 2 fully saturated rings. The zero-order valence-corrected chi connectivity index (χ0v) is 14.4. The van der Waals surface area contributed by atoms with Crippen molar-refractivity contribution >= 4 is 5.91 Å². The number of benzene rings is 2. The molecular weight excluding hydrogens is 294 g/mol. The lowest BCUT2D eigenvalue weighted by Gasteiger charge is -2.41. The van der Waals surface area contributed by atoms with Crippen LogP contribution in [0.3, 0.4) is 0 Å². The van der Waals surface area contributed by atoms with E-state index in [0.29, 0.717) is 11.8 Å². The van der Waals surface area contributed by atoms with Crippen LogP contribution in [0.5, 0.6) is 0 Å². The number of aryl methyl sites for hydroxylation is 1. The Bertz CT molecular complexity index is 739. The molecule has 2 aromatic carbocycles. The Morgan fingerprint density at radius 3 is 2.25 bits per heavy atom. The highest BCUT2D eigenvalue weighted by Crippen LogP contribution is 2.36. The number of piperidine rings is 1. The van der Waals surface area contributed by atoms with E-state index >= 15 is 0 Å². The summed E-state index contributed by atoms with van der Waals surface area (Å²) in [6, 6.07) is 16.4. The van der Waals surface area contributed by atoms with Crippen LogP contribution in [0.25, 0.3) is 11.1 Å². The molecule has 1 heterocycles. The number of fused-ring (bicyclic) bond motifs is 2. The molecule has 2 aliphatic rings. The first-order chi connectivity index (χ1) is 11.7. The van der Waals surface area contributed by atoms with E-state index in [0.717, 1.165) is 24.2 Å². The molecule has 2 bridgehead atoms. The normalized spacial score (nSPS) is 23.1. The van der Waals surface area contributed by atoms with Gasteiger partial charge in [0.05, 0.1) is 0 Å². The molecule has 2 aromatic rings. The Morgan fingerprint density at radius 2 is 1.54 bits per heavy atom. The summed E-state index contributed by atoms with van der Waals surface area (Å²) in [5.41, 5.74) is 4.30. The van der Waals surface area contributed by atoms with E-state index in [9.17, 15) is 4.79 Å². The second kappa shape index (κ2) is 6.43. The smallest absolute Gasteiger partial charge is 0.254 e. The molecule has 2 heteroatoms. The molecule has 0 spiro atoms. The maximum atomic E-state index is 13.3. The Morgan fingerprint density at radius 1 is 0.917 bits per heavy atom. The lowest BCUT2D eigenvalue weighted by molar-refractivity contribution is 0.0505. The minimum Gasteiger partial charge on any atom is -0.338 e. The lowest BCUT2D eigenvalue weighted by atomic mass is 9.77. The zero-order valence-electron chi connectivity index (χ0n) is 14.4. The number of nitrogens with zero attached hydrogens (tertiary/aromatic N) is 1. The largest absolute Gasteiger partial charge is 0.338 e. The van der Waals surface area contributed by atoms with Crippen molar-refractivity contribution < 1.29 is 4.79 Å². The van der Waals surface area contributed by atoms with E-state index in [-0.39, 0.29) is 5.91 Å². The molecule has 1 saturated carbocycles. The van der Waals surface area contributed by atoms with Crippen LogP contribution in [-0.2, 0) is 0 Å². The minimum absolute atomic E-state index is 0.213. The first-order valence-electron chi connectivity index (χ1n) is 9.16. The van der Waals surface area contributed by atoms with Gasteiger partial charge in [0.15, 0.2) is 0 Å². The van der Waals surface area contributed by atoms with Gasteiger partial charge in [0, 0.05) is 18.7 Å². The van der Waals surface area contributed by atoms with Crippen LogP contribution in [0, 0.1) is 18.8 Å². The van der Waals surface area contributed by atoms with Crippen LogP contribution in [-0.4, -0.2) is 23.9 Å². The van der Waals surface area contributed by atoms with E-state index in [1.54, 1.807) is 0 Å². The van der Waals surface area contributed by atoms with E-state index in [2.05, 4.69) is 42.2 Å². The van der Waals surface area contributed by atoms with E-state index in [4.69, 9.17) is 0 Å². The molecule has 4 rings (SSSR count). The van der Waals surface area contributed by atoms with Gasteiger partial charge in [0.25, 0.3) is 5.91 Å². The molecule has 0 N–H and O–H groups in total. The molecule has 1 saturated heterocycles. The summed E-state index contributed by atoms with van der Waals surface area (Å²) in [4.78, 5) is 15.4. The third-order valence-electron chi connectivity index (χ3n) is 5.73. The maximum Gasteiger partial charge on any atom is 0.254 e. The summed E-state index contributed by atoms with van der Waals surface area (Å²) in [5, 5.41) is 0. The van der Waals surface area contributed by atoms with Crippen molar-refractivity contribution in [2.45, 2.75) is 32.6 Å². The van der Waals surface area contributed by atoms with Crippen LogP contribution < -0.4 is 0 Å². The molecule has 2 nitrogen and oxygen atoms in total. The number of hydrogen-bond donors (Lipinski definition) is 0. The number of carbonyl (C=O) groups excluding carboxylic acids is 1. The van der Waals surface area contributed by atoms with Crippen molar-refractivity contribution in [1.82, 2.24) is 4.90 Å². The topological polar surface area (TPSA) is 20.3 Å². The summed E-state index contributed by atoms with van der Waals surface area (Å²) in [5.74, 6) is 1.64. The van der Waals surface area contributed by atoms with Crippen molar-refractivity contribution in [3.05, 3.63) is 59.7 Å². The maximum absolute atomic E-state index is 13.3. The highest BCUT2D eigenvalue weighted by atomic mass is 16.2. The molecular formula is C22H25NO. The molecule has 1 aliphatic heterocycles. The van der Waals surface area contributed by atoms with Crippen LogP contribution >= 0.6 is 0 Å². The van der Waals surface area contributed by atoms with Gasteiger partial charge >= 0.3 is 0 Å². The monoisotopic (exact) mass is 319 g/mol. The van der Waals surface area contributed by atoms with Gasteiger partial charge in [-0.15, -0.1) is 0 Å². The fourth-order valence-corrected chi connectivity index (χ4v) is 4.55. The van der Waals surface area contributed by atoms with Gasteiger partial charge in [0.1, 0.15) is 0 Å². The number of likely N-dealkylation sites (tertiary alicyclic amines) is 1. The summed E-state index contributed by atoms with van der Waals surface area (Å²) >= 11 is 0. The Labute approximate surface area is 144 Å². The Hall–Kier alpha value is -2.09. The summed E-state index contributed by atoms with van der Waals surface area (Å²) < 4.78 is 0. The highest BCUT2D eigenvalue weighted by Gasteiger charge is 2.33. The minimum atomic E-state index is 0.213. The number of rotatable bonds is 2.